The van der Waals surface area contributed by atoms with Crippen molar-refractivity contribution < 1.29 is 0 Å². The van der Waals surface area contributed by atoms with Crippen molar-refractivity contribution in [3.8, 4) is 0 Å². The molecule has 0 bridgehead atoms. The van der Waals surface area contributed by atoms with Gasteiger partial charge in [0.2, 0.25) is 0 Å². The topological polar surface area (TPSA) is 38.9 Å². The molecule has 1 saturated carbocycles. The summed E-state index contributed by atoms with van der Waals surface area (Å²) in [7, 11) is 0. The van der Waals surface area contributed by atoms with Gasteiger partial charge in [0.1, 0.15) is 0 Å². The van der Waals surface area contributed by atoms with E-state index in [1.807, 2.05) is 0 Å². The second-order valence-corrected chi connectivity index (χ2v) is 5.82. The second kappa shape index (κ2) is 5.78. The van der Waals surface area contributed by atoms with Crippen LogP contribution in [0.2, 0.25) is 0 Å². The normalized spacial score (nSPS) is 19.9. The van der Waals surface area contributed by atoms with Gasteiger partial charge in [0, 0.05) is 23.8 Å². The first-order valence-corrected chi connectivity index (χ1v) is 7.37. The van der Waals surface area contributed by atoms with E-state index in [9.17, 15) is 0 Å². The zero-order chi connectivity index (χ0) is 11.4. The zero-order valence-corrected chi connectivity index (χ0v) is 10.9. The average Bonchev–Trinajstić information content (AvgIpc) is 2.78. The van der Waals surface area contributed by atoms with Gasteiger partial charge in [-0.25, -0.2) is 4.98 Å². The third kappa shape index (κ3) is 3.05. The number of thiazole rings is 1. The summed E-state index contributed by atoms with van der Waals surface area (Å²) >= 11 is 1.80. The molecule has 0 radical (unpaired) electrons. The summed E-state index contributed by atoms with van der Waals surface area (Å²) < 4.78 is 0. The standard InChI is InChI=1S/C13H22N2S/c1-2-11(14)8-13-15-12(9-16-13)10-6-4-3-5-7-10/h9-11H,2-8,14H2,1H3. The Hall–Kier alpha value is -0.410. The number of hydrogen-bond acceptors (Lipinski definition) is 3. The smallest absolute Gasteiger partial charge is 0.0943 e. The molecule has 1 aliphatic carbocycles. The van der Waals surface area contributed by atoms with Gasteiger partial charge in [-0.2, -0.15) is 0 Å². The lowest BCUT2D eigenvalue weighted by atomic mass is 9.87. The Morgan fingerprint density at radius 1 is 1.44 bits per heavy atom. The molecule has 2 rings (SSSR count). The largest absolute Gasteiger partial charge is 0.327 e. The number of nitrogens with zero attached hydrogens (tertiary/aromatic N) is 1. The molecule has 3 heteroatoms. The SMILES string of the molecule is CCC(N)Cc1nc(C2CCCCC2)cs1. The van der Waals surface area contributed by atoms with E-state index in [0.717, 1.165) is 18.8 Å². The highest BCUT2D eigenvalue weighted by atomic mass is 32.1. The first-order chi connectivity index (χ1) is 7.79. The highest BCUT2D eigenvalue weighted by Crippen LogP contribution is 2.33. The molecule has 1 fully saturated rings. The van der Waals surface area contributed by atoms with Crippen molar-refractivity contribution in [2.45, 2.75) is 63.8 Å². The van der Waals surface area contributed by atoms with E-state index in [1.54, 1.807) is 11.3 Å². The molecule has 1 aromatic heterocycles. The zero-order valence-electron chi connectivity index (χ0n) is 10.1. The van der Waals surface area contributed by atoms with Gasteiger partial charge < -0.3 is 5.73 Å². The maximum absolute atomic E-state index is 5.96. The summed E-state index contributed by atoms with van der Waals surface area (Å²) in [5.41, 5.74) is 7.30. The molecule has 0 aliphatic heterocycles. The van der Waals surface area contributed by atoms with E-state index in [1.165, 1.54) is 42.8 Å². The molecule has 0 amide bonds. The van der Waals surface area contributed by atoms with Crippen LogP contribution in [0.25, 0.3) is 0 Å². The van der Waals surface area contributed by atoms with Gasteiger partial charge >= 0.3 is 0 Å². The average molecular weight is 238 g/mol. The second-order valence-electron chi connectivity index (χ2n) is 4.87. The van der Waals surface area contributed by atoms with Crippen molar-refractivity contribution in [3.05, 3.63) is 16.1 Å². The number of hydrogen-bond donors (Lipinski definition) is 1. The van der Waals surface area contributed by atoms with Gasteiger partial charge in [0.25, 0.3) is 0 Å². The van der Waals surface area contributed by atoms with Crippen molar-refractivity contribution in [2.24, 2.45) is 5.73 Å². The Bertz CT molecular complexity index is 315. The molecule has 1 aromatic rings. The third-order valence-corrected chi connectivity index (χ3v) is 4.44. The Balaban J connectivity index is 1.95. The molecule has 16 heavy (non-hydrogen) atoms. The van der Waals surface area contributed by atoms with E-state index in [2.05, 4.69) is 12.3 Å². The van der Waals surface area contributed by atoms with Gasteiger partial charge in [-0.1, -0.05) is 26.2 Å². The fraction of sp³-hybridized carbons (Fsp3) is 0.769. The molecule has 1 unspecified atom stereocenters. The Kier molecular flexibility index (Phi) is 4.36. The lowest BCUT2D eigenvalue weighted by molar-refractivity contribution is 0.437. The van der Waals surface area contributed by atoms with Crippen LogP contribution in [0.3, 0.4) is 0 Å². The van der Waals surface area contributed by atoms with E-state index >= 15 is 0 Å². The predicted molar refractivity (Wildman–Crippen MR) is 69.9 cm³/mol. The van der Waals surface area contributed by atoms with Crippen LogP contribution >= 0.6 is 11.3 Å². The van der Waals surface area contributed by atoms with E-state index in [4.69, 9.17) is 10.7 Å². The monoisotopic (exact) mass is 238 g/mol. The summed E-state index contributed by atoms with van der Waals surface area (Å²) in [5, 5.41) is 3.49. The van der Waals surface area contributed by atoms with Crippen molar-refractivity contribution in [2.75, 3.05) is 0 Å². The van der Waals surface area contributed by atoms with Crippen LogP contribution in [0.5, 0.6) is 0 Å². The molecular formula is C13H22N2S. The Morgan fingerprint density at radius 3 is 2.88 bits per heavy atom. The molecule has 0 spiro atoms. The van der Waals surface area contributed by atoms with E-state index in [-0.39, 0.29) is 6.04 Å². The van der Waals surface area contributed by atoms with Gasteiger partial charge in [0.15, 0.2) is 0 Å². The molecule has 1 atom stereocenters. The molecule has 0 aromatic carbocycles. The molecule has 2 N–H and O–H groups in total. The number of nitrogens with two attached hydrogens (primary N) is 1. The van der Waals surface area contributed by atoms with Gasteiger partial charge in [-0.3, -0.25) is 0 Å². The summed E-state index contributed by atoms with van der Waals surface area (Å²) in [6.45, 7) is 2.14. The van der Waals surface area contributed by atoms with Crippen LogP contribution in [-0.2, 0) is 6.42 Å². The van der Waals surface area contributed by atoms with E-state index < -0.39 is 0 Å². The van der Waals surface area contributed by atoms with Crippen molar-refractivity contribution in [3.63, 3.8) is 0 Å². The highest BCUT2D eigenvalue weighted by molar-refractivity contribution is 7.09. The van der Waals surface area contributed by atoms with Gasteiger partial charge in [-0.05, 0) is 19.3 Å². The van der Waals surface area contributed by atoms with Crippen molar-refractivity contribution >= 4 is 11.3 Å². The molecule has 2 nitrogen and oxygen atoms in total. The summed E-state index contributed by atoms with van der Waals surface area (Å²) in [5.74, 6) is 0.733. The minimum atomic E-state index is 0.283. The summed E-state index contributed by atoms with van der Waals surface area (Å²) in [6, 6.07) is 0.283. The first kappa shape index (κ1) is 12.1. The molecule has 90 valence electrons. The predicted octanol–water partition coefficient (Wildman–Crippen LogP) is 3.47. The van der Waals surface area contributed by atoms with Crippen LogP contribution in [0.1, 0.15) is 62.1 Å². The Morgan fingerprint density at radius 2 is 2.19 bits per heavy atom. The van der Waals surface area contributed by atoms with Crippen LogP contribution < -0.4 is 5.73 Å². The summed E-state index contributed by atoms with van der Waals surface area (Å²) in [4.78, 5) is 4.76. The maximum atomic E-state index is 5.96. The number of aromatic nitrogens is 1. The molecule has 0 saturated heterocycles. The van der Waals surface area contributed by atoms with Crippen LogP contribution in [0.15, 0.2) is 5.38 Å². The first-order valence-electron chi connectivity index (χ1n) is 6.49. The minimum absolute atomic E-state index is 0.283. The quantitative estimate of drug-likeness (QED) is 0.872. The minimum Gasteiger partial charge on any atom is -0.327 e. The van der Waals surface area contributed by atoms with Crippen LogP contribution in [0, 0.1) is 0 Å². The lowest BCUT2D eigenvalue weighted by Gasteiger charge is -2.19. The van der Waals surface area contributed by atoms with Gasteiger partial charge in [0.05, 0.1) is 10.7 Å². The molecular weight excluding hydrogens is 216 g/mol. The van der Waals surface area contributed by atoms with E-state index in [0.29, 0.717) is 0 Å². The fourth-order valence-electron chi connectivity index (χ4n) is 2.37. The third-order valence-electron chi connectivity index (χ3n) is 3.55. The van der Waals surface area contributed by atoms with Crippen molar-refractivity contribution in [1.29, 1.82) is 0 Å². The Labute approximate surface area is 102 Å². The lowest BCUT2D eigenvalue weighted by Crippen LogP contribution is -2.21. The maximum Gasteiger partial charge on any atom is 0.0943 e. The fourth-order valence-corrected chi connectivity index (χ4v) is 3.34. The van der Waals surface area contributed by atoms with Crippen LogP contribution in [0.4, 0.5) is 0 Å². The van der Waals surface area contributed by atoms with Crippen molar-refractivity contribution in [1.82, 2.24) is 4.98 Å². The van der Waals surface area contributed by atoms with Gasteiger partial charge in [-0.15, -0.1) is 11.3 Å². The molecule has 1 aliphatic rings. The highest BCUT2D eigenvalue weighted by Gasteiger charge is 2.18. The molecule has 1 heterocycles. The number of rotatable bonds is 4. The summed E-state index contributed by atoms with van der Waals surface area (Å²) in [6.07, 6.45) is 8.84. The van der Waals surface area contributed by atoms with Crippen LogP contribution in [-0.4, -0.2) is 11.0 Å².